The maximum Gasteiger partial charge on any atom is 0.408 e. The van der Waals surface area contributed by atoms with E-state index in [1.807, 2.05) is 18.2 Å². The predicted molar refractivity (Wildman–Crippen MR) is 112 cm³/mol. The minimum Gasteiger partial charge on any atom is -0.445 e. The molecular formula is C21H17Cl2NO6. The van der Waals surface area contributed by atoms with Crippen LogP contribution in [0, 0.1) is 6.92 Å². The molecule has 7 nitrogen and oxygen atoms in total. The van der Waals surface area contributed by atoms with Crippen molar-refractivity contribution < 1.29 is 23.5 Å². The van der Waals surface area contributed by atoms with E-state index in [2.05, 4.69) is 5.32 Å². The van der Waals surface area contributed by atoms with Crippen molar-refractivity contribution in [2.45, 2.75) is 26.5 Å². The second kappa shape index (κ2) is 9.19. The first-order valence-electron chi connectivity index (χ1n) is 8.87. The zero-order valence-corrected chi connectivity index (χ0v) is 17.5. The highest BCUT2D eigenvalue weighted by Crippen LogP contribution is 2.33. The van der Waals surface area contributed by atoms with E-state index < -0.39 is 23.7 Å². The molecule has 0 saturated carbocycles. The summed E-state index contributed by atoms with van der Waals surface area (Å²) in [7, 11) is 0. The topological polar surface area (TPSA) is 94.8 Å². The summed E-state index contributed by atoms with van der Waals surface area (Å²) in [6.45, 7) is 3.15. The molecule has 0 radical (unpaired) electrons. The molecule has 156 valence electrons. The highest BCUT2D eigenvalue weighted by molar-refractivity contribution is 6.34. The van der Waals surface area contributed by atoms with E-state index in [0.29, 0.717) is 10.9 Å². The molecule has 0 saturated heterocycles. The highest BCUT2D eigenvalue weighted by Gasteiger charge is 2.21. The number of aryl methyl sites for hydroxylation is 1. The fraction of sp³-hybridized carbons (Fsp3) is 0.190. The molecule has 3 rings (SSSR count). The minimum absolute atomic E-state index is 0.0228. The first-order valence-corrected chi connectivity index (χ1v) is 9.63. The second-order valence-electron chi connectivity index (χ2n) is 6.46. The number of esters is 1. The van der Waals surface area contributed by atoms with Crippen LogP contribution in [0.15, 0.2) is 51.7 Å². The van der Waals surface area contributed by atoms with Gasteiger partial charge in [-0.25, -0.2) is 14.4 Å². The number of rotatable bonds is 5. The van der Waals surface area contributed by atoms with E-state index in [0.717, 1.165) is 5.56 Å². The van der Waals surface area contributed by atoms with Crippen LogP contribution in [0.1, 0.15) is 18.1 Å². The number of benzene rings is 2. The molecule has 0 aliphatic carbocycles. The zero-order chi connectivity index (χ0) is 21.8. The van der Waals surface area contributed by atoms with Gasteiger partial charge in [-0.15, -0.1) is 0 Å². The Labute approximate surface area is 181 Å². The molecule has 0 fully saturated rings. The van der Waals surface area contributed by atoms with E-state index in [9.17, 15) is 14.4 Å². The smallest absolute Gasteiger partial charge is 0.408 e. The lowest BCUT2D eigenvalue weighted by molar-refractivity contribution is -0.136. The van der Waals surface area contributed by atoms with Crippen LogP contribution in [0.4, 0.5) is 4.79 Å². The summed E-state index contributed by atoms with van der Waals surface area (Å²) in [5, 5.41) is 2.96. The number of carbonyl (C=O) groups is 2. The fourth-order valence-electron chi connectivity index (χ4n) is 2.60. The van der Waals surface area contributed by atoms with Gasteiger partial charge in [-0.1, -0.05) is 53.5 Å². The number of ether oxygens (including phenoxy) is 2. The zero-order valence-electron chi connectivity index (χ0n) is 16.0. The van der Waals surface area contributed by atoms with E-state index in [4.69, 9.17) is 37.1 Å². The summed E-state index contributed by atoms with van der Waals surface area (Å²) < 4.78 is 15.4. The van der Waals surface area contributed by atoms with Crippen LogP contribution >= 0.6 is 23.2 Å². The van der Waals surface area contributed by atoms with E-state index in [1.54, 1.807) is 19.1 Å². The van der Waals surface area contributed by atoms with Crippen LogP contribution in [0.3, 0.4) is 0 Å². The molecule has 1 heterocycles. The van der Waals surface area contributed by atoms with Crippen molar-refractivity contribution in [1.29, 1.82) is 0 Å². The number of fused-ring (bicyclic) bond motifs is 1. The van der Waals surface area contributed by atoms with Crippen molar-refractivity contribution >= 4 is 46.2 Å². The largest absolute Gasteiger partial charge is 0.445 e. The molecule has 1 aromatic heterocycles. The second-order valence-corrected chi connectivity index (χ2v) is 7.24. The number of carbonyl (C=O) groups excluding carboxylic acids is 2. The van der Waals surface area contributed by atoms with Crippen LogP contribution in [0.5, 0.6) is 5.75 Å². The number of nitrogens with one attached hydrogen (secondary N) is 1. The molecule has 1 atom stereocenters. The van der Waals surface area contributed by atoms with Gasteiger partial charge in [0.1, 0.15) is 23.3 Å². The number of hydrogen-bond acceptors (Lipinski definition) is 6. The van der Waals surface area contributed by atoms with Crippen molar-refractivity contribution in [2.75, 3.05) is 0 Å². The van der Waals surface area contributed by atoms with Gasteiger partial charge in [0.05, 0.1) is 5.02 Å². The maximum atomic E-state index is 12.3. The van der Waals surface area contributed by atoms with Crippen LogP contribution in [0.2, 0.25) is 10.0 Å². The van der Waals surface area contributed by atoms with Crippen molar-refractivity contribution in [1.82, 2.24) is 5.32 Å². The molecule has 0 bridgehead atoms. The summed E-state index contributed by atoms with van der Waals surface area (Å²) in [5.74, 6) is -0.800. The SMILES string of the molecule is Cc1c(Cl)c(=O)oc2cc(OC(=O)C(C)NC(=O)OCc3ccccc3)c(Cl)cc12. The average Bonchev–Trinajstić information content (AvgIpc) is 2.72. The Morgan fingerprint density at radius 2 is 1.87 bits per heavy atom. The Hall–Kier alpha value is -3.03. The van der Waals surface area contributed by atoms with Gasteiger partial charge >= 0.3 is 17.7 Å². The van der Waals surface area contributed by atoms with Gasteiger partial charge in [0.2, 0.25) is 0 Å². The summed E-state index contributed by atoms with van der Waals surface area (Å²) >= 11 is 12.1. The van der Waals surface area contributed by atoms with Crippen LogP contribution in [-0.4, -0.2) is 18.1 Å². The lowest BCUT2D eigenvalue weighted by Gasteiger charge is -2.14. The molecule has 0 aliphatic heterocycles. The molecule has 1 unspecified atom stereocenters. The van der Waals surface area contributed by atoms with Crippen molar-refractivity contribution in [3.05, 3.63) is 74.1 Å². The monoisotopic (exact) mass is 449 g/mol. The van der Waals surface area contributed by atoms with E-state index in [1.165, 1.54) is 19.1 Å². The maximum absolute atomic E-state index is 12.3. The highest BCUT2D eigenvalue weighted by atomic mass is 35.5. The number of alkyl carbamates (subject to hydrolysis) is 1. The van der Waals surface area contributed by atoms with Crippen molar-refractivity contribution in [3.63, 3.8) is 0 Å². The van der Waals surface area contributed by atoms with Gasteiger partial charge in [0.25, 0.3) is 0 Å². The molecule has 9 heteroatoms. The predicted octanol–water partition coefficient (Wildman–Crippen LogP) is 4.63. The number of hydrogen-bond donors (Lipinski definition) is 1. The summed E-state index contributed by atoms with van der Waals surface area (Å²) in [6, 6.07) is 10.9. The van der Waals surface area contributed by atoms with Crippen LogP contribution in [-0.2, 0) is 16.1 Å². The lowest BCUT2D eigenvalue weighted by atomic mass is 10.1. The third-order valence-electron chi connectivity index (χ3n) is 4.26. The average molecular weight is 450 g/mol. The molecular weight excluding hydrogens is 433 g/mol. The van der Waals surface area contributed by atoms with Crippen LogP contribution < -0.4 is 15.7 Å². The van der Waals surface area contributed by atoms with Gasteiger partial charge < -0.3 is 19.2 Å². The fourth-order valence-corrected chi connectivity index (χ4v) is 2.95. The van der Waals surface area contributed by atoms with E-state index >= 15 is 0 Å². The van der Waals surface area contributed by atoms with E-state index in [-0.39, 0.29) is 28.0 Å². The Bertz CT molecular complexity index is 1160. The van der Waals surface area contributed by atoms with Gasteiger partial charge in [-0.05, 0) is 31.0 Å². The standard InChI is InChI=1S/C21H17Cl2NO6/c1-11-14-8-15(22)17(9-16(14)29-20(26)18(11)23)30-19(25)12(2)24-21(27)28-10-13-6-4-3-5-7-13/h3-9,12H,10H2,1-2H3,(H,24,27). The summed E-state index contributed by atoms with van der Waals surface area (Å²) in [5.41, 5.74) is 0.760. The molecule has 0 spiro atoms. The molecule has 1 amide bonds. The van der Waals surface area contributed by atoms with Gasteiger partial charge in [-0.2, -0.15) is 0 Å². The Morgan fingerprint density at radius 1 is 1.17 bits per heavy atom. The quantitative estimate of drug-likeness (QED) is 0.346. The molecule has 1 N–H and O–H groups in total. The van der Waals surface area contributed by atoms with Crippen molar-refractivity contribution in [2.24, 2.45) is 0 Å². The van der Waals surface area contributed by atoms with Crippen molar-refractivity contribution in [3.8, 4) is 5.75 Å². The Balaban J connectivity index is 1.66. The summed E-state index contributed by atoms with van der Waals surface area (Å²) in [6.07, 6.45) is -0.774. The number of halogens is 2. The molecule has 0 aliphatic rings. The third-order valence-corrected chi connectivity index (χ3v) is 4.99. The van der Waals surface area contributed by atoms with Gasteiger partial charge in [-0.3, -0.25) is 0 Å². The van der Waals surface area contributed by atoms with Crippen LogP contribution in [0.25, 0.3) is 11.0 Å². The Kier molecular flexibility index (Phi) is 6.64. The Morgan fingerprint density at radius 3 is 2.57 bits per heavy atom. The summed E-state index contributed by atoms with van der Waals surface area (Å²) in [4.78, 5) is 36.0. The number of amides is 1. The normalized spacial score (nSPS) is 11.7. The third kappa shape index (κ3) is 4.93. The van der Waals surface area contributed by atoms with Gasteiger partial charge in [0, 0.05) is 11.5 Å². The van der Waals surface area contributed by atoms with Gasteiger partial charge in [0.15, 0.2) is 5.75 Å². The first-order chi connectivity index (χ1) is 14.3. The lowest BCUT2D eigenvalue weighted by Crippen LogP contribution is -2.41. The molecule has 30 heavy (non-hydrogen) atoms. The first kappa shape index (κ1) is 21.7. The molecule has 2 aromatic carbocycles. The molecule has 3 aromatic rings. The minimum atomic E-state index is -1.01.